The molecule has 0 saturated heterocycles. The lowest BCUT2D eigenvalue weighted by Gasteiger charge is -2.33. The minimum Gasteiger partial charge on any atom is -0.381 e. The summed E-state index contributed by atoms with van der Waals surface area (Å²) in [5.74, 6) is 0.195. The summed E-state index contributed by atoms with van der Waals surface area (Å²) in [4.78, 5) is 17.4. The summed E-state index contributed by atoms with van der Waals surface area (Å²) in [5, 5.41) is 0. The molecule has 4 nitrogen and oxygen atoms in total. The quantitative estimate of drug-likeness (QED) is 0.472. The van der Waals surface area contributed by atoms with Crippen molar-refractivity contribution in [2.45, 2.75) is 46.6 Å². The summed E-state index contributed by atoms with van der Waals surface area (Å²) in [7, 11) is 5.70. The lowest BCUT2D eigenvalue weighted by atomic mass is 9.88. The molecule has 0 aromatic rings. The van der Waals surface area contributed by atoms with E-state index in [1.807, 2.05) is 27.9 Å². The molecular weight excluding hydrogens is 230 g/mol. The van der Waals surface area contributed by atoms with Crippen LogP contribution in [0.3, 0.4) is 0 Å². The molecule has 0 aliphatic rings. The van der Waals surface area contributed by atoms with Crippen LogP contribution < -0.4 is 0 Å². The minimum absolute atomic E-state index is 0.195. The molecule has 0 bridgehead atoms. The van der Waals surface area contributed by atoms with Gasteiger partial charge in [-0.25, -0.2) is 4.84 Å². The Bertz CT molecular complexity index is 258. The normalized spacial score (nSPS) is 14.6. The number of rotatable bonds is 9. The number of carbonyl (C=O) groups is 1. The van der Waals surface area contributed by atoms with Gasteiger partial charge in [-0.05, 0) is 27.2 Å². The van der Waals surface area contributed by atoms with Gasteiger partial charge in [0.2, 0.25) is 0 Å². The van der Waals surface area contributed by atoms with Crippen molar-refractivity contribution in [2.24, 2.45) is 5.41 Å². The highest BCUT2D eigenvalue weighted by Gasteiger charge is 2.34. The Labute approximate surface area is 112 Å². The van der Waals surface area contributed by atoms with Crippen LogP contribution in [-0.4, -0.2) is 50.9 Å². The monoisotopic (exact) mass is 260 g/mol. The molecule has 18 heavy (non-hydrogen) atoms. The number of hydrogen-bond donors (Lipinski definition) is 0. The number of nitrogens with zero attached hydrogens (tertiary/aromatic N) is 1. The van der Waals surface area contributed by atoms with E-state index in [0.29, 0.717) is 17.8 Å². The van der Waals surface area contributed by atoms with E-state index in [1.54, 1.807) is 14.0 Å². The van der Waals surface area contributed by atoms with Crippen LogP contribution in [-0.2, 0) is 14.4 Å². The number of hydroxylamine groups is 3. The summed E-state index contributed by atoms with van der Waals surface area (Å²) in [6.07, 6.45) is 2.13. The van der Waals surface area contributed by atoms with E-state index in [2.05, 4.69) is 6.92 Å². The Morgan fingerprint density at radius 3 is 2.28 bits per heavy atom. The maximum atomic E-state index is 11.5. The summed E-state index contributed by atoms with van der Waals surface area (Å²) < 4.78 is 5.71. The van der Waals surface area contributed by atoms with Gasteiger partial charge in [0, 0.05) is 13.5 Å². The average Bonchev–Trinajstić information content (AvgIpc) is 2.22. The number of ketones is 1. The third-order valence-corrected chi connectivity index (χ3v) is 3.40. The zero-order valence-corrected chi connectivity index (χ0v) is 13.1. The summed E-state index contributed by atoms with van der Waals surface area (Å²) in [6.45, 7) is 8.98. The molecule has 1 atom stereocenters. The van der Waals surface area contributed by atoms with Crippen LogP contribution in [0.2, 0.25) is 0 Å². The Morgan fingerprint density at radius 2 is 1.89 bits per heavy atom. The molecule has 0 amide bonds. The maximum Gasteiger partial charge on any atom is 0.141 e. The Balaban J connectivity index is 4.19. The molecule has 0 rings (SSSR count). The molecule has 0 N–H and O–H groups in total. The Hall–Kier alpha value is -0.450. The first-order valence-corrected chi connectivity index (χ1v) is 6.66. The first-order chi connectivity index (χ1) is 8.14. The maximum absolute atomic E-state index is 11.5. The number of carbonyl (C=O) groups excluding carboxylic acids is 1. The zero-order valence-electron chi connectivity index (χ0n) is 13.1. The number of hydrogen-bond acceptors (Lipinski definition) is 3. The van der Waals surface area contributed by atoms with Gasteiger partial charge in [0.25, 0.3) is 0 Å². The molecule has 0 aliphatic heterocycles. The van der Waals surface area contributed by atoms with E-state index in [-0.39, 0.29) is 17.3 Å². The van der Waals surface area contributed by atoms with Crippen LogP contribution in [0.5, 0.6) is 0 Å². The average molecular weight is 260 g/mol. The predicted molar refractivity (Wildman–Crippen MR) is 73.1 cm³/mol. The molecule has 0 fully saturated rings. The number of methoxy groups -OCH3 is 1. The number of Topliss-reactive ketones (excluding diaryl/α,β-unsaturated/α-hetero) is 1. The second-order valence-electron chi connectivity index (χ2n) is 6.06. The second kappa shape index (κ2) is 7.22. The summed E-state index contributed by atoms with van der Waals surface area (Å²) >= 11 is 0. The molecule has 0 aromatic heterocycles. The molecule has 0 spiro atoms. The first kappa shape index (κ1) is 17.6. The van der Waals surface area contributed by atoms with Gasteiger partial charge in [-0.15, -0.1) is 0 Å². The number of ether oxygens (including phenoxy) is 1. The van der Waals surface area contributed by atoms with Crippen molar-refractivity contribution in [3.8, 4) is 0 Å². The molecule has 1 unspecified atom stereocenters. The van der Waals surface area contributed by atoms with E-state index >= 15 is 0 Å². The van der Waals surface area contributed by atoms with Gasteiger partial charge in [0.05, 0.1) is 25.6 Å². The predicted octanol–water partition coefficient (Wildman–Crippen LogP) is 2.42. The summed E-state index contributed by atoms with van der Waals surface area (Å²) in [6, 6.07) is 0. The van der Waals surface area contributed by atoms with Gasteiger partial charge in [-0.2, -0.15) is 4.65 Å². The Kier molecular flexibility index (Phi) is 7.04. The SMILES string of the molecule is CCC(CCO[N+](C)(C)CC(C)(C)C(C)=O)OC. The summed E-state index contributed by atoms with van der Waals surface area (Å²) in [5.41, 5.74) is -0.352. The van der Waals surface area contributed by atoms with Crippen molar-refractivity contribution >= 4 is 5.78 Å². The van der Waals surface area contributed by atoms with E-state index in [4.69, 9.17) is 9.57 Å². The van der Waals surface area contributed by atoms with Gasteiger partial charge in [0.1, 0.15) is 18.9 Å². The first-order valence-electron chi connectivity index (χ1n) is 6.66. The second-order valence-corrected chi connectivity index (χ2v) is 6.06. The Morgan fingerprint density at radius 1 is 1.33 bits per heavy atom. The molecular formula is C14H30NO3+. The highest BCUT2D eigenvalue weighted by atomic mass is 16.7. The van der Waals surface area contributed by atoms with Crippen molar-refractivity contribution in [3.05, 3.63) is 0 Å². The van der Waals surface area contributed by atoms with Crippen molar-refractivity contribution in [2.75, 3.05) is 34.4 Å². The third-order valence-electron chi connectivity index (χ3n) is 3.40. The van der Waals surface area contributed by atoms with E-state index < -0.39 is 0 Å². The molecule has 108 valence electrons. The molecule has 4 heteroatoms. The third kappa shape index (κ3) is 6.47. The smallest absolute Gasteiger partial charge is 0.141 e. The van der Waals surface area contributed by atoms with E-state index in [9.17, 15) is 4.79 Å². The van der Waals surface area contributed by atoms with Crippen molar-refractivity contribution in [1.82, 2.24) is 0 Å². The van der Waals surface area contributed by atoms with Crippen molar-refractivity contribution in [1.29, 1.82) is 0 Å². The van der Waals surface area contributed by atoms with Gasteiger partial charge in [-0.1, -0.05) is 6.92 Å². The van der Waals surface area contributed by atoms with Crippen LogP contribution in [0.25, 0.3) is 0 Å². The molecule has 0 radical (unpaired) electrons. The van der Waals surface area contributed by atoms with E-state index in [1.165, 1.54) is 0 Å². The topological polar surface area (TPSA) is 35.5 Å². The largest absolute Gasteiger partial charge is 0.381 e. The fourth-order valence-corrected chi connectivity index (χ4v) is 2.03. The fourth-order valence-electron chi connectivity index (χ4n) is 2.03. The minimum atomic E-state index is -0.352. The van der Waals surface area contributed by atoms with Crippen molar-refractivity contribution < 1.29 is 19.0 Å². The fraction of sp³-hybridized carbons (Fsp3) is 0.929. The molecule has 0 aliphatic carbocycles. The zero-order chi connectivity index (χ0) is 14.4. The highest BCUT2D eigenvalue weighted by molar-refractivity contribution is 5.81. The van der Waals surface area contributed by atoms with E-state index in [0.717, 1.165) is 12.8 Å². The van der Waals surface area contributed by atoms with Crippen LogP contribution in [0.1, 0.15) is 40.5 Å². The van der Waals surface area contributed by atoms with Crippen molar-refractivity contribution in [3.63, 3.8) is 0 Å². The van der Waals surface area contributed by atoms with Gasteiger partial charge in [-0.3, -0.25) is 4.79 Å². The standard InChI is InChI=1S/C14H30NO3/c1-8-13(17-7)9-10-18-15(5,6)11-14(3,4)12(2)16/h13H,8-11H2,1-7H3/q+1. The number of quaternary nitrogens is 1. The van der Waals surface area contributed by atoms with Gasteiger partial charge >= 0.3 is 0 Å². The molecule has 0 aromatic carbocycles. The van der Waals surface area contributed by atoms with Crippen LogP contribution in [0, 0.1) is 5.41 Å². The van der Waals surface area contributed by atoms with Gasteiger partial charge < -0.3 is 4.74 Å². The van der Waals surface area contributed by atoms with Crippen LogP contribution in [0.15, 0.2) is 0 Å². The lowest BCUT2D eigenvalue weighted by molar-refractivity contribution is -1.08. The van der Waals surface area contributed by atoms with Crippen LogP contribution in [0.4, 0.5) is 0 Å². The molecule has 0 saturated carbocycles. The molecule has 0 heterocycles. The van der Waals surface area contributed by atoms with Gasteiger partial charge in [0.15, 0.2) is 0 Å². The highest BCUT2D eigenvalue weighted by Crippen LogP contribution is 2.21. The lowest BCUT2D eigenvalue weighted by Crippen LogP contribution is -2.48. The van der Waals surface area contributed by atoms with Crippen LogP contribution >= 0.6 is 0 Å².